The second kappa shape index (κ2) is 11.9. The van der Waals surface area contributed by atoms with Crippen LogP contribution in [0.25, 0.3) is 11.1 Å². The molecule has 0 spiro atoms. The largest absolute Gasteiger partial charge is 0.493 e. The summed E-state index contributed by atoms with van der Waals surface area (Å²) in [7, 11) is 2.11. The first kappa shape index (κ1) is 23.3. The van der Waals surface area contributed by atoms with Gasteiger partial charge in [0.1, 0.15) is 23.9 Å². The van der Waals surface area contributed by atoms with Crippen molar-refractivity contribution < 1.29 is 9.47 Å². The van der Waals surface area contributed by atoms with E-state index in [1.807, 2.05) is 61.5 Å². The number of aromatic nitrogens is 1. The summed E-state index contributed by atoms with van der Waals surface area (Å²) in [4.78, 5) is 6.65. The number of anilines is 2. The molecule has 0 atom stereocenters. The summed E-state index contributed by atoms with van der Waals surface area (Å²) in [5.74, 6) is 2.40. The predicted octanol–water partition coefficient (Wildman–Crippen LogP) is 6.40. The first-order chi connectivity index (χ1) is 16.7. The molecule has 5 heteroatoms. The standard InChI is InChI=1S/C29H31N3O2/c1-3-33-28-21-24(34-20-19-32(2)22-23-11-5-4-6-12-23)16-17-26(28)25-13-7-8-14-27(25)31-29-15-9-10-18-30-29/h4-18,21H,3,19-20,22H2,1-2H3,(H,30,31). The van der Waals surface area contributed by atoms with Gasteiger partial charge < -0.3 is 14.8 Å². The van der Waals surface area contributed by atoms with Crippen LogP contribution in [0.2, 0.25) is 0 Å². The number of nitrogens with zero attached hydrogens (tertiary/aromatic N) is 2. The number of likely N-dealkylation sites (N-methyl/N-ethyl adjacent to an activating group) is 1. The molecule has 0 amide bonds. The molecule has 0 aliphatic carbocycles. The number of hydrogen-bond donors (Lipinski definition) is 1. The van der Waals surface area contributed by atoms with Gasteiger partial charge in [-0.3, -0.25) is 4.90 Å². The minimum absolute atomic E-state index is 0.575. The van der Waals surface area contributed by atoms with E-state index >= 15 is 0 Å². The molecule has 0 saturated heterocycles. The smallest absolute Gasteiger partial charge is 0.130 e. The van der Waals surface area contributed by atoms with E-state index in [0.29, 0.717) is 13.2 Å². The second-order valence-corrected chi connectivity index (χ2v) is 8.05. The van der Waals surface area contributed by atoms with Crippen molar-refractivity contribution in [1.82, 2.24) is 9.88 Å². The Morgan fingerprint density at radius 2 is 1.62 bits per heavy atom. The van der Waals surface area contributed by atoms with E-state index < -0.39 is 0 Å². The highest BCUT2D eigenvalue weighted by molar-refractivity contribution is 5.84. The van der Waals surface area contributed by atoms with E-state index in [1.54, 1.807) is 6.20 Å². The van der Waals surface area contributed by atoms with Crippen LogP contribution in [0.3, 0.4) is 0 Å². The predicted molar refractivity (Wildman–Crippen MR) is 139 cm³/mol. The summed E-state index contributed by atoms with van der Waals surface area (Å²) in [5, 5.41) is 3.42. The Hall–Kier alpha value is -3.83. The van der Waals surface area contributed by atoms with Crippen molar-refractivity contribution >= 4 is 11.5 Å². The van der Waals surface area contributed by atoms with Crippen LogP contribution in [0.1, 0.15) is 12.5 Å². The molecule has 4 rings (SSSR count). The molecule has 3 aromatic carbocycles. The lowest BCUT2D eigenvalue weighted by Gasteiger charge is -2.18. The molecule has 0 radical (unpaired) electrons. The maximum Gasteiger partial charge on any atom is 0.130 e. The second-order valence-electron chi connectivity index (χ2n) is 8.05. The topological polar surface area (TPSA) is 46.6 Å². The Morgan fingerprint density at radius 1 is 0.824 bits per heavy atom. The van der Waals surface area contributed by atoms with Gasteiger partial charge in [-0.2, -0.15) is 0 Å². The summed E-state index contributed by atoms with van der Waals surface area (Å²) in [5.41, 5.74) is 4.32. The third-order valence-corrected chi connectivity index (χ3v) is 5.43. The number of pyridine rings is 1. The van der Waals surface area contributed by atoms with E-state index in [1.165, 1.54) is 5.56 Å². The van der Waals surface area contributed by atoms with Crippen LogP contribution < -0.4 is 14.8 Å². The Balaban J connectivity index is 1.46. The summed E-state index contributed by atoms with van der Waals surface area (Å²) >= 11 is 0. The lowest BCUT2D eigenvalue weighted by molar-refractivity contribution is 0.232. The lowest BCUT2D eigenvalue weighted by Crippen LogP contribution is -2.23. The van der Waals surface area contributed by atoms with Crippen LogP contribution >= 0.6 is 0 Å². The van der Waals surface area contributed by atoms with Gasteiger partial charge in [-0.15, -0.1) is 0 Å². The monoisotopic (exact) mass is 453 g/mol. The molecule has 0 aliphatic rings. The fourth-order valence-corrected chi connectivity index (χ4v) is 3.79. The maximum absolute atomic E-state index is 6.07. The molecule has 5 nitrogen and oxygen atoms in total. The quantitative estimate of drug-likeness (QED) is 0.285. The molecular weight excluding hydrogens is 422 g/mol. The third-order valence-electron chi connectivity index (χ3n) is 5.43. The minimum atomic E-state index is 0.575. The molecule has 0 saturated carbocycles. The van der Waals surface area contributed by atoms with E-state index in [4.69, 9.17) is 9.47 Å². The third kappa shape index (κ3) is 6.36. The lowest BCUT2D eigenvalue weighted by atomic mass is 10.0. The Morgan fingerprint density at radius 3 is 2.41 bits per heavy atom. The van der Waals surface area contributed by atoms with E-state index in [9.17, 15) is 0 Å². The molecule has 4 aromatic rings. The van der Waals surface area contributed by atoms with Crippen molar-refractivity contribution in [1.29, 1.82) is 0 Å². The summed E-state index contributed by atoms with van der Waals surface area (Å²) < 4.78 is 12.1. The Bertz CT molecular complexity index is 1170. The molecule has 1 N–H and O–H groups in total. The van der Waals surface area contributed by atoms with Gasteiger partial charge in [0.05, 0.1) is 6.61 Å². The zero-order valence-electron chi connectivity index (χ0n) is 19.8. The summed E-state index contributed by atoms with van der Waals surface area (Å²) in [6.07, 6.45) is 1.78. The zero-order chi connectivity index (χ0) is 23.6. The number of ether oxygens (including phenoxy) is 2. The van der Waals surface area contributed by atoms with Crippen LogP contribution in [0.15, 0.2) is 97.2 Å². The van der Waals surface area contributed by atoms with Crippen molar-refractivity contribution in [2.24, 2.45) is 0 Å². The minimum Gasteiger partial charge on any atom is -0.493 e. The van der Waals surface area contributed by atoms with Crippen molar-refractivity contribution in [3.8, 4) is 22.6 Å². The fourth-order valence-electron chi connectivity index (χ4n) is 3.79. The number of benzene rings is 3. The molecule has 34 heavy (non-hydrogen) atoms. The van der Waals surface area contributed by atoms with Crippen LogP contribution in [0, 0.1) is 0 Å². The summed E-state index contributed by atoms with van der Waals surface area (Å²) in [6.45, 7) is 4.90. The normalized spacial score (nSPS) is 10.8. The van der Waals surface area contributed by atoms with E-state index in [-0.39, 0.29) is 0 Å². The molecule has 0 bridgehead atoms. The van der Waals surface area contributed by atoms with Gasteiger partial charge in [0, 0.05) is 42.2 Å². The molecule has 1 aromatic heterocycles. The average molecular weight is 454 g/mol. The molecular formula is C29H31N3O2. The van der Waals surface area contributed by atoms with Crippen LogP contribution in [-0.2, 0) is 6.54 Å². The van der Waals surface area contributed by atoms with Gasteiger partial charge >= 0.3 is 0 Å². The number of rotatable bonds is 11. The van der Waals surface area contributed by atoms with Gasteiger partial charge in [-0.05, 0) is 49.9 Å². The Labute approximate surface area is 202 Å². The number of hydrogen-bond acceptors (Lipinski definition) is 5. The van der Waals surface area contributed by atoms with E-state index in [2.05, 4.69) is 58.6 Å². The average Bonchev–Trinajstić information content (AvgIpc) is 2.86. The van der Waals surface area contributed by atoms with Gasteiger partial charge in [0.2, 0.25) is 0 Å². The molecule has 0 aliphatic heterocycles. The summed E-state index contributed by atoms with van der Waals surface area (Å²) in [6, 6.07) is 30.5. The highest BCUT2D eigenvalue weighted by atomic mass is 16.5. The van der Waals surface area contributed by atoms with Gasteiger partial charge in [-0.1, -0.05) is 54.6 Å². The first-order valence-corrected chi connectivity index (χ1v) is 11.6. The van der Waals surface area contributed by atoms with Crippen LogP contribution in [-0.4, -0.2) is 36.7 Å². The number of para-hydroxylation sites is 1. The maximum atomic E-state index is 6.07. The van der Waals surface area contributed by atoms with Gasteiger partial charge in [0.15, 0.2) is 0 Å². The SMILES string of the molecule is CCOc1cc(OCCN(C)Cc2ccccc2)ccc1-c1ccccc1Nc1ccccn1. The van der Waals surface area contributed by atoms with Crippen molar-refractivity contribution in [3.63, 3.8) is 0 Å². The molecule has 174 valence electrons. The van der Waals surface area contributed by atoms with Crippen molar-refractivity contribution in [2.45, 2.75) is 13.5 Å². The highest BCUT2D eigenvalue weighted by Crippen LogP contribution is 2.38. The van der Waals surface area contributed by atoms with Crippen LogP contribution in [0.5, 0.6) is 11.5 Å². The fraction of sp³-hybridized carbons (Fsp3) is 0.207. The van der Waals surface area contributed by atoms with Crippen molar-refractivity contribution in [2.75, 3.05) is 32.1 Å². The first-order valence-electron chi connectivity index (χ1n) is 11.6. The molecule has 0 unspecified atom stereocenters. The zero-order valence-corrected chi connectivity index (χ0v) is 19.8. The van der Waals surface area contributed by atoms with Gasteiger partial charge in [0.25, 0.3) is 0 Å². The number of nitrogens with one attached hydrogen (secondary N) is 1. The Kier molecular flexibility index (Phi) is 8.14. The van der Waals surface area contributed by atoms with Crippen molar-refractivity contribution in [3.05, 3.63) is 103 Å². The molecule has 0 fully saturated rings. The van der Waals surface area contributed by atoms with E-state index in [0.717, 1.165) is 47.2 Å². The van der Waals surface area contributed by atoms with Gasteiger partial charge in [-0.25, -0.2) is 4.98 Å². The molecule has 1 heterocycles. The highest BCUT2D eigenvalue weighted by Gasteiger charge is 2.13. The van der Waals surface area contributed by atoms with Crippen LogP contribution in [0.4, 0.5) is 11.5 Å².